The number of anilines is 1. The number of nitriles is 1. The van der Waals surface area contributed by atoms with Gasteiger partial charge in [-0.2, -0.15) is 5.26 Å². The van der Waals surface area contributed by atoms with Crippen molar-refractivity contribution in [3.8, 4) is 6.07 Å². The molecule has 0 unspecified atom stereocenters. The number of amides is 2. The highest BCUT2D eigenvalue weighted by Gasteiger charge is 2.12. The zero-order valence-corrected chi connectivity index (χ0v) is 13.9. The van der Waals surface area contributed by atoms with Crippen LogP contribution >= 0.6 is 0 Å². The van der Waals surface area contributed by atoms with Gasteiger partial charge in [-0.1, -0.05) is 12.1 Å². The summed E-state index contributed by atoms with van der Waals surface area (Å²) in [5, 5.41) is 11.4. The third-order valence-corrected chi connectivity index (χ3v) is 3.38. The molecule has 0 spiro atoms. The first-order chi connectivity index (χ1) is 12.1. The molecule has 2 rings (SSSR count). The topological polar surface area (TPSA) is 86.3 Å². The van der Waals surface area contributed by atoms with Gasteiger partial charge in [-0.15, -0.1) is 0 Å². The van der Waals surface area contributed by atoms with Crippen molar-refractivity contribution in [1.29, 1.82) is 5.26 Å². The van der Waals surface area contributed by atoms with Gasteiger partial charge >= 0.3 is 0 Å². The van der Waals surface area contributed by atoms with Gasteiger partial charge < -0.3 is 14.6 Å². The number of hydrogen-bond acceptors (Lipinski definition) is 4. The molecule has 0 radical (unpaired) electrons. The lowest BCUT2D eigenvalue weighted by molar-refractivity contribution is -0.126. The van der Waals surface area contributed by atoms with Crippen LogP contribution in [-0.4, -0.2) is 23.3 Å². The Hall–Kier alpha value is -3.33. The van der Waals surface area contributed by atoms with Crippen LogP contribution in [0.1, 0.15) is 24.7 Å². The molecule has 0 saturated carbocycles. The van der Waals surface area contributed by atoms with Crippen LogP contribution in [-0.2, 0) is 16.1 Å². The lowest BCUT2D eigenvalue weighted by Gasteiger charge is -2.18. The molecule has 1 aromatic carbocycles. The Bertz CT molecular complexity index is 771. The lowest BCUT2D eigenvalue weighted by atomic mass is 10.2. The highest BCUT2D eigenvalue weighted by atomic mass is 16.3. The van der Waals surface area contributed by atoms with E-state index in [0.717, 1.165) is 5.56 Å². The standard InChI is InChI=1S/C19H19N3O3/c1-15(23)21-17-8-5-16(6-9-17)7-10-19(24)22(12-3-11-20)14-18-4-2-13-25-18/h2,4-10,13H,3,12,14H2,1H3,(H,21,23)/b10-7+. The van der Waals surface area contributed by atoms with Crippen molar-refractivity contribution in [2.45, 2.75) is 19.9 Å². The van der Waals surface area contributed by atoms with Gasteiger partial charge in [0.2, 0.25) is 11.8 Å². The SMILES string of the molecule is CC(=O)Nc1ccc(/C=C/C(=O)N(CCC#N)Cc2ccco2)cc1. The van der Waals surface area contributed by atoms with Crippen molar-refractivity contribution in [3.05, 3.63) is 60.1 Å². The van der Waals surface area contributed by atoms with Gasteiger partial charge in [-0.3, -0.25) is 9.59 Å². The fourth-order valence-corrected chi connectivity index (χ4v) is 2.20. The molecule has 0 aliphatic rings. The number of carbonyl (C=O) groups is 2. The molecular weight excluding hydrogens is 318 g/mol. The molecule has 2 amide bonds. The van der Waals surface area contributed by atoms with Gasteiger partial charge in [-0.05, 0) is 35.9 Å². The lowest BCUT2D eigenvalue weighted by Crippen LogP contribution is -2.29. The summed E-state index contributed by atoms with van der Waals surface area (Å²) in [5.41, 5.74) is 1.53. The second-order valence-corrected chi connectivity index (χ2v) is 5.38. The number of benzene rings is 1. The first kappa shape index (κ1) is 18.0. The average molecular weight is 337 g/mol. The normalized spacial score (nSPS) is 10.4. The van der Waals surface area contributed by atoms with Crippen LogP contribution in [0.15, 0.2) is 53.2 Å². The van der Waals surface area contributed by atoms with Crippen molar-refractivity contribution in [2.75, 3.05) is 11.9 Å². The fourth-order valence-electron chi connectivity index (χ4n) is 2.20. The minimum Gasteiger partial charge on any atom is -0.467 e. The van der Waals surface area contributed by atoms with E-state index in [1.54, 1.807) is 53.6 Å². The van der Waals surface area contributed by atoms with Gasteiger partial charge in [0.15, 0.2) is 0 Å². The maximum Gasteiger partial charge on any atom is 0.247 e. The molecule has 128 valence electrons. The minimum atomic E-state index is -0.197. The maximum atomic E-state index is 12.4. The Labute approximate surface area is 146 Å². The third kappa shape index (κ3) is 5.99. The predicted molar refractivity (Wildman–Crippen MR) is 94.1 cm³/mol. The number of nitrogens with one attached hydrogen (secondary N) is 1. The van der Waals surface area contributed by atoms with Crippen LogP contribution in [0.2, 0.25) is 0 Å². The Morgan fingerprint density at radius 3 is 2.64 bits per heavy atom. The third-order valence-electron chi connectivity index (χ3n) is 3.38. The van der Waals surface area contributed by atoms with Crippen molar-refractivity contribution < 1.29 is 14.0 Å². The van der Waals surface area contributed by atoms with E-state index < -0.39 is 0 Å². The van der Waals surface area contributed by atoms with Gasteiger partial charge in [0, 0.05) is 25.2 Å². The van der Waals surface area contributed by atoms with E-state index in [9.17, 15) is 9.59 Å². The summed E-state index contributed by atoms with van der Waals surface area (Å²) in [6, 6.07) is 12.7. The first-order valence-corrected chi connectivity index (χ1v) is 7.82. The van der Waals surface area contributed by atoms with Gasteiger partial charge in [0.05, 0.1) is 25.3 Å². The summed E-state index contributed by atoms with van der Waals surface area (Å²) in [7, 11) is 0. The first-order valence-electron chi connectivity index (χ1n) is 7.82. The Morgan fingerprint density at radius 1 is 1.28 bits per heavy atom. The van der Waals surface area contributed by atoms with Gasteiger partial charge in [0.25, 0.3) is 0 Å². The number of furan rings is 1. The highest BCUT2D eigenvalue weighted by Crippen LogP contribution is 2.12. The summed E-state index contributed by atoms with van der Waals surface area (Å²) < 4.78 is 5.27. The van der Waals surface area contributed by atoms with Crippen molar-refractivity contribution in [2.24, 2.45) is 0 Å². The van der Waals surface area contributed by atoms with E-state index in [-0.39, 0.29) is 18.2 Å². The van der Waals surface area contributed by atoms with Crippen LogP contribution in [0.25, 0.3) is 6.08 Å². The molecule has 0 aliphatic heterocycles. The van der Waals surface area contributed by atoms with E-state index in [1.165, 1.54) is 13.0 Å². The van der Waals surface area contributed by atoms with Gasteiger partial charge in [0.1, 0.15) is 5.76 Å². The zero-order chi connectivity index (χ0) is 18.1. The van der Waals surface area contributed by atoms with Crippen LogP contribution in [0, 0.1) is 11.3 Å². The monoisotopic (exact) mass is 337 g/mol. The summed E-state index contributed by atoms with van der Waals surface area (Å²) >= 11 is 0. The minimum absolute atomic E-state index is 0.135. The zero-order valence-electron chi connectivity index (χ0n) is 13.9. The smallest absolute Gasteiger partial charge is 0.247 e. The number of hydrogen-bond donors (Lipinski definition) is 1. The van der Waals surface area contributed by atoms with E-state index in [4.69, 9.17) is 9.68 Å². The quantitative estimate of drug-likeness (QED) is 0.786. The number of nitrogens with zero attached hydrogens (tertiary/aromatic N) is 2. The summed E-state index contributed by atoms with van der Waals surface area (Å²) in [6.07, 6.45) is 4.97. The van der Waals surface area contributed by atoms with Crippen LogP contribution < -0.4 is 5.32 Å². The van der Waals surface area contributed by atoms with Crippen LogP contribution in [0.5, 0.6) is 0 Å². The van der Waals surface area contributed by atoms with Crippen LogP contribution in [0.3, 0.4) is 0 Å². The second-order valence-electron chi connectivity index (χ2n) is 5.38. The molecule has 25 heavy (non-hydrogen) atoms. The number of rotatable bonds is 7. The molecule has 6 heteroatoms. The van der Waals surface area contributed by atoms with Gasteiger partial charge in [-0.25, -0.2) is 0 Å². The molecule has 0 bridgehead atoms. The maximum absolute atomic E-state index is 12.4. The predicted octanol–water partition coefficient (Wildman–Crippen LogP) is 3.19. The molecule has 0 fully saturated rings. The summed E-state index contributed by atoms with van der Waals surface area (Å²) in [5.74, 6) is 0.335. The highest BCUT2D eigenvalue weighted by molar-refractivity contribution is 5.92. The molecule has 6 nitrogen and oxygen atoms in total. The molecule has 1 N–H and O–H groups in total. The molecule has 0 saturated heterocycles. The summed E-state index contributed by atoms with van der Waals surface area (Å²) in [6.45, 7) is 2.10. The molecule has 1 aromatic heterocycles. The van der Waals surface area contributed by atoms with Crippen molar-refractivity contribution in [1.82, 2.24) is 4.90 Å². The van der Waals surface area contributed by atoms with Crippen molar-refractivity contribution >= 4 is 23.6 Å². The van der Waals surface area contributed by atoms with E-state index in [1.807, 2.05) is 6.07 Å². The Kier molecular flexibility index (Phi) is 6.55. The Morgan fingerprint density at radius 2 is 2.04 bits per heavy atom. The molecular formula is C19H19N3O3. The molecule has 0 aliphatic carbocycles. The average Bonchev–Trinajstić information content (AvgIpc) is 3.10. The second kappa shape index (κ2) is 9.08. The number of carbonyl (C=O) groups excluding carboxylic acids is 2. The van der Waals surface area contributed by atoms with E-state index >= 15 is 0 Å². The van der Waals surface area contributed by atoms with E-state index in [2.05, 4.69) is 5.32 Å². The van der Waals surface area contributed by atoms with Crippen molar-refractivity contribution in [3.63, 3.8) is 0 Å². The molecule has 0 atom stereocenters. The molecule has 2 aromatic rings. The largest absolute Gasteiger partial charge is 0.467 e. The molecule has 1 heterocycles. The van der Waals surface area contributed by atoms with E-state index in [0.29, 0.717) is 24.5 Å². The summed E-state index contributed by atoms with van der Waals surface area (Å²) in [4.78, 5) is 25.0. The Balaban J connectivity index is 2.01. The van der Waals surface area contributed by atoms with Crippen LogP contribution in [0.4, 0.5) is 5.69 Å². The fraction of sp³-hybridized carbons (Fsp3) is 0.211.